The van der Waals surface area contributed by atoms with E-state index in [4.69, 9.17) is 4.74 Å². The van der Waals surface area contributed by atoms with Gasteiger partial charge in [0.25, 0.3) is 0 Å². The molecule has 1 saturated heterocycles. The zero-order chi connectivity index (χ0) is 15.1. The molecule has 1 fully saturated rings. The van der Waals surface area contributed by atoms with Gasteiger partial charge in [0.2, 0.25) is 0 Å². The molecule has 1 N–H and O–H groups in total. The highest BCUT2D eigenvalue weighted by atomic mass is 16.5. The Morgan fingerprint density at radius 2 is 2.05 bits per heavy atom. The number of nitrogens with one attached hydrogen (secondary N) is 1. The van der Waals surface area contributed by atoms with Gasteiger partial charge >= 0.3 is 0 Å². The molecule has 118 valence electrons. The molecule has 1 aromatic carbocycles. The second-order valence-corrected chi connectivity index (χ2v) is 6.17. The molecule has 0 aromatic heterocycles. The van der Waals surface area contributed by atoms with Crippen molar-refractivity contribution in [3.05, 3.63) is 29.3 Å². The van der Waals surface area contributed by atoms with Gasteiger partial charge in [0.1, 0.15) is 0 Å². The Balaban J connectivity index is 1.91. The summed E-state index contributed by atoms with van der Waals surface area (Å²) < 4.78 is 5.28. The van der Waals surface area contributed by atoms with E-state index in [0.29, 0.717) is 0 Å². The maximum Gasteiger partial charge on any atom is 0.0491 e. The monoisotopic (exact) mass is 290 g/mol. The minimum atomic E-state index is 0.741. The zero-order valence-corrected chi connectivity index (χ0v) is 13.8. The predicted molar refractivity (Wildman–Crippen MR) is 90.0 cm³/mol. The average Bonchev–Trinajstić information content (AvgIpc) is 2.50. The molecule has 0 unspecified atom stereocenters. The van der Waals surface area contributed by atoms with Crippen molar-refractivity contribution in [3.8, 4) is 0 Å². The molecule has 1 aliphatic heterocycles. The maximum absolute atomic E-state index is 5.28. The number of rotatable bonds is 7. The van der Waals surface area contributed by atoms with Crippen LogP contribution in [0.15, 0.2) is 18.2 Å². The fraction of sp³-hybridized carbons (Fsp3) is 0.667. The van der Waals surface area contributed by atoms with E-state index in [9.17, 15) is 0 Å². The Labute approximate surface area is 129 Å². The average molecular weight is 290 g/mol. The minimum absolute atomic E-state index is 0.741. The second-order valence-electron chi connectivity index (χ2n) is 6.17. The number of ether oxygens (including phenoxy) is 1. The van der Waals surface area contributed by atoms with Gasteiger partial charge in [-0.2, -0.15) is 0 Å². The third-order valence-electron chi connectivity index (χ3n) is 4.45. The van der Waals surface area contributed by atoms with Crippen LogP contribution in [0.25, 0.3) is 0 Å². The third-order valence-corrected chi connectivity index (χ3v) is 4.45. The fourth-order valence-corrected chi connectivity index (χ4v) is 3.07. The molecule has 2 rings (SSSR count). The van der Waals surface area contributed by atoms with Crippen LogP contribution < -0.4 is 10.2 Å². The number of hydrogen-bond acceptors (Lipinski definition) is 3. The van der Waals surface area contributed by atoms with Crippen molar-refractivity contribution in [2.75, 3.05) is 38.3 Å². The first-order valence-electron chi connectivity index (χ1n) is 8.28. The van der Waals surface area contributed by atoms with Crippen molar-refractivity contribution in [1.82, 2.24) is 5.32 Å². The van der Waals surface area contributed by atoms with Crippen LogP contribution in [0, 0.1) is 12.8 Å². The Morgan fingerprint density at radius 3 is 2.67 bits per heavy atom. The number of nitrogens with zero attached hydrogens (tertiary/aromatic N) is 1. The summed E-state index contributed by atoms with van der Waals surface area (Å²) in [5.41, 5.74) is 4.19. The molecule has 3 nitrogen and oxygen atoms in total. The van der Waals surface area contributed by atoms with Gasteiger partial charge in [-0.3, -0.25) is 0 Å². The lowest BCUT2D eigenvalue weighted by Gasteiger charge is -2.33. The van der Waals surface area contributed by atoms with E-state index in [1.165, 1.54) is 36.1 Å². The first-order valence-corrected chi connectivity index (χ1v) is 8.28. The quantitative estimate of drug-likeness (QED) is 0.779. The molecule has 0 atom stereocenters. The molecular weight excluding hydrogens is 260 g/mol. The summed E-state index contributed by atoms with van der Waals surface area (Å²) in [5, 5.41) is 3.48. The molecule has 1 aromatic rings. The highest BCUT2D eigenvalue weighted by Gasteiger charge is 2.19. The van der Waals surface area contributed by atoms with E-state index < -0.39 is 0 Å². The van der Waals surface area contributed by atoms with E-state index >= 15 is 0 Å². The highest BCUT2D eigenvalue weighted by Crippen LogP contribution is 2.25. The number of piperidine rings is 1. The summed E-state index contributed by atoms with van der Waals surface area (Å²) in [7, 11) is 1.81. The zero-order valence-electron chi connectivity index (χ0n) is 13.8. The van der Waals surface area contributed by atoms with E-state index in [2.05, 4.69) is 42.3 Å². The summed E-state index contributed by atoms with van der Waals surface area (Å²) in [6.45, 7) is 9.72. The van der Waals surface area contributed by atoms with Crippen LogP contribution in [0.3, 0.4) is 0 Å². The Bertz CT molecular complexity index is 425. The molecule has 0 aliphatic carbocycles. The lowest BCUT2D eigenvalue weighted by atomic mass is 9.97. The molecule has 3 heteroatoms. The van der Waals surface area contributed by atoms with E-state index in [1.807, 2.05) is 0 Å². The first-order chi connectivity index (χ1) is 10.2. The largest absolute Gasteiger partial charge is 0.384 e. The number of anilines is 1. The van der Waals surface area contributed by atoms with Crippen LogP contribution >= 0.6 is 0 Å². The number of hydrogen-bond donors (Lipinski definition) is 1. The van der Waals surface area contributed by atoms with Crippen molar-refractivity contribution in [2.45, 2.75) is 39.7 Å². The van der Waals surface area contributed by atoms with Crippen LogP contribution in [0.1, 0.15) is 37.3 Å². The van der Waals surface area contributed by atoms with Crippen molar-refractivity contribution in [3.63, 3.8) is 0 Å². The van der Waals surface area contributed by atoms with Crippen LogP contribution in [0.5, 0.6) is 0 Å². The van der Waals surface area contributed by atoms with Crippen molar-refractivity contribution in [1.29, 1.82) is 0 Å². The smallest absolute Gasteiger partial charge is 0.0491 e. The Kier molecular flexibility index (Phi) is 6.52. The van der Waals surface area contributed by atoms with Crippen LogP contribution in [-0.4, -0.2) is 33.4 Å². The number of methoxy groups -OCH3 is 1. The third kappa shape index (κ3) is 4.72. The Morgan fingerprint density at radius 1 is 1.29 bits per heavy atom. The summed E-state index contributed by atoms with van der Waals surface area (Å²) in [5.74, 6) is 0.741. The van der Waals surface area contributed by atoms with E-state index in [0.717, 1.165) is 38.7 Å². The normalized spacial score (nSPS) is 16.4. The number of benzene rings is 1. The maximum atomic E-state index is 5.28. The molecule has 0 amide bonds. The van der Waals surface area contributed by atoms with Gasteiger partial charge in [0.15, 0.2) is 0 Å². The van der Waals surface area contributed by atoms with Crippen molar-refractivity contribution >= 4 is 5.69 Å². The SMILES string of the molecule is CCCNCc1ccc(N2CCC(COC)CC2)cc1C. The van der Waals surface area contributed by atoms with Crippen molar-refractivity contribution < 1.29 is 4.74 Å². The number of aryl methyl sites for hydroxylation is 1. The molecule has 0 radical (unpaired) electrons. The van der Waals surface area contributed by atoms with Gasteiger partial charge in [-0.1, -0.05) is 13.0 Å². The van der Waals surface area contributed by atoms with Crippen LogP contribution in [0.4, 0.5) is 5.69 Å². The standard InChI is InChI=1S/C18H30N2O/c1-4-9-19-13-17-5-6-18(12-15(17)2)20-10-7-16(8-11-20)14-21-3/h5-6,12,16,19H,4,7-11,13-14H2,1-3H3. The van der Waals surface area contributed by atoms with Crippen LogP contribution in [0.2, 0.25) is 0 Å². The second kappa shape index (κ2) is 8.40. The molecule has 1 heterocycles. The summed E-state index contributed by atoms with van der Waals surface area (Å²) >= 11 is 0. The fourth-order valence-electron chi connectivity index (χ4n) is 3.07. The molecule has 0 bridgehead atoms. The van der Waals surface area contributed by atoms with Crippen molar-refractivity contribution in [2.24, 2.45) is 5.92 Å². The minimum Gasteiger partial charge on any atom is -0.384 e. The van der Waals surface area contributed by atoms with Gasteiger partial charge in [0, 0.05) is 39.0 Å². The van der Waals surface area contributed by atoms with E-state index in [1.54, 1.807) is 7.11 Å². The van der Waals surface area contributed by atoms with Gasteiger partial charge < -0.3 is 15.0 Å². The highest BCUT2D eigenvalue weighted by molar-refractivity contribution is 5.51. The van der Waals surface area contributed by atoms with Gasteiger partial charge in [-0.25, -0.2) is 0 Å². The van der Waals surface area contributed by atoms with E-state index in [-0.39, 0.29) is 0 Å². The molecular formula is C18H30N2O. The summed E-state index contributed by atoms with van der Waals surface area (Å²) in [4.78, 5) is 2.52. The molecule has 0 spiro atoms. The predicted octanol–water partition coefficient (Wildman–Crippen LogP) is 3.36. The molecule has 0 saturated carbocycles. The van der Waals surface area contributed by atoms with Crippen LogP contribution in [-0.2, 0) is 11.3 Å². The summed E-state index contributed by atoms with van der Waals surface area (Å²) in [6, 6.07) is 6.92. The lowest BCUT2D eigenvalue weighted by Crippen LogP contribution is -2.35. The van der Waals surface area contributed by atoms with Gasteiger partial charge in [-0.05, 0) is 61.9 Å². The van der Waals surface area contributed by atoms with Gasteiger partial charge in [-0.15, -0.1) is 0 Å². The lowest BCUT2D eigenvalue weighted by molar-refractivity contribution is 0.139. The topological polar surface area (TPSA) is 24.5 Å². The summed E-state index contributed by atoms with van der Waals surface area (Å²) in [6.07, 6.45) is 3.67. The Hall–Kier alpha value is -1.06. The van der Waals surface area contributed by atoms with Gasteiger partial charge in [0.05, 0.1) is 0 Å². The molecule has 21 heavy (non-hydrogen) atoms. The molecule has 1 aliphatic rings. The first kappa shape index (κ1) is 16.3.